The molecule has 0 spiro atoms. The second-order valence-electron chi connectivity index (χ2n) is 9.35. The zero-order valence-electron chi connectivity index (χ0n) is 18.9. The molecule has 1 saturated heterocycles. The molecule has 1 radical (unpaired) electrons. The molecule has 0 saturated carbocycles. The molecule has 10 heteroatoms. The van der Waals surface area contributed by atoms with Gasteiger partial charge in [0.2, 0.25) is 0 Å². The average molecular weight is 461 g/mol. The maximum Gasteiger partial charge on any atom is 0.168 e. The number of ether oxygens (including phenoxy) is 1. The molecule has 1 fully saturated rings. The van der Waals surface area contributed by atoms with Gasteiger partial charge >= 0.3 is 0 Å². The van der Waals surface area contributed by atoms with Gasteiger partial charge < -0.3 is 19.5 Å². The second kappa shape index (κ2) is 8.92. The molecule has 177 valence electrons. The molecule has 0 bridgehead atoms. The van der Waals surface area contributed by atoms with E-state index in [1.165, 1.54) is 29.9 Å². The summed E-state index contributed by atoms with van der Waals surface area (Å²) in [6.45, 7) is 7.10. The van der Waals surface area contributed by atoms with Gasteiger partial charge in [-0.05, 0) is 18.6 Å². The Kier molecular flexibility index (Phi) is 6.35. The molecule has 3 heterocycles. The van der Waals surface area contributed by atoms with Crippen molar-refractivity contribution in [1.29, 1.82) is 0 Å². The number of aliphatic hydroxyl groups is 2. The lowest BCUT2D eigenvalue weighted by Crippen LogP contribution is -2.48. The molecule has 1 aromatic carbocycles. The first-order valence-electron chi connectivity index (χ1n) is 10.7. The first-order valence-corrected chi connectivity index (χ1v) is 10.7. The summed E-state index contributed by atoms with van der Waals surface area (Å²) in [7, 11) is 0. The fraction of sp³-hybridized carbons (Fsp3) is 0.478. The van der Waals surface area contributed by atoms with Gasteiger partial charge in [-0.1, -0.05) is 37.2 Å². The van der Waals surface area contributed by atoms with E-state index in [1.54, 1.807) is 6.42 Å². The van der Waals surface area contributed by atoms with E-state index in [9.17, 15) is 19.0 Å². The van der Waals surface area contributed by atoms with Crippen LogP contribution in [0.2, 0.25) is 0 Å². The maximum absolute atomic E-state index is 14.4. The van der Waals surface area contributed by atoms with Crippen molar-refractivity contribution in [3.8, 4) is 11.3 Å². The number of hydrogen-bond acceptors (Lipinski definition) is 7. The van der Waals surface area contributed by atoms with Gasteiger partial charge in [-0.15, -0.1) is 5.10 Å². The van der Waals surface area contributed by atoms with E-state index in [1.807, 2.05) is 26.8 Å². The quantitative estimate of drug-likeness (QED) is 0.602. The van der Waals surface area contributed by atoms with E-state index in [2.05, 4.69) is 15.5 Å². The van der Waals surface area contributed by atoms with Gasteiger partial charge in [-0.3, -0.25) is 0 Å². The third-order valence-corrected chi connectivity index (χ3v) is 5.75. The number of aryl methyl sites for hydroxylation is 1. The van der Waals surface area contributed by atoms with Crippen molar-refractivity contribution in [3.05, 3.63) is 59.5 Å². The Bertz CT molecular complexity index is 1120. The normalized spacial score (nSPS) is 23.8. The number of aromatic nitrogens is 4. The molecule has 4 rings (SSSR count). The topological polar surface area (TPSA) is 106 Å². The minimum absolute atomic E-state index is 0.0292. The first-order chi connectivity index (χ1) is 15.6. The molecule has 0 amide bonds. The van der Waals surface area contributed by atoms with Crippen LogP contribution in [0.4, 0.5) is 8.78 Å². The molecule has 4 atom stereocenters. The molecule has 0 aliphatic carbocycles. The van der Waals surface area contributed by atoms with Crippen LogP contribution in [0.3, 0.4) is 0 Å². The summed E-state index contributed by atoms with van der Waals surface area (Å²) in [4.78, 5) is 0. The van der Waals surface area contributed by atoms with E-state index >= 15 is 0 Å². The predicted octanol–water partition coefficient (Wildman–Crippen LogP) is 2.93. The Hall–Kier alpha value is -2.69. The molecule has 33 heavy (non-hydrogen) atoms. The van der Waals surface area contributed by atoms with Crippen molar-refractivity contribution in [1.82, 2.24) is 20.2 Å². The van der Waals surface area contributed by atoms with Gasteiger partial charge in [0.15, 0.2) is 11.6 Å². The Morgan fingerprint density at radius 2 is 1.94 bits per heavy atom. The highest BCUT2D eigenvalue weighted by Gasteiger charge is 2.40. The summed E-state index contributed by atoms with van der Waals surface area (Å²) in [5, 5.41) is 32.5. The SMILES string of the molecule is Cc1ccc(-c2cn([C@H]3[CH][C@H](Cc4cc(C(C)(C)C)on4)O[C@H](CO)[C@@H]3O)nn2)c(F)c1F. The van der Waals surface area contributed by atoms with E-state index in [4.69, 9.17) is 9.26 Å². The Labute approximate surface area is 190 Å². The first kappa shape index (κ1) is 23.5. The standard InChI is InChI=1S/C23H27F2N4O4/c1-12-5-6-15(21(25)20(12)24)16-10-29(28-26-16)17-9-14(32-18(11-30)22(17)31)7-13-8-19(33-27-13)23(2,3)4/h5-6,8-10,14,17-18,22,30-31H,7,11H2,1-4H3/t14-,17-,18+,22+/m0/s1. The third kappa shape index (κ3) is 4.68. The minimum atomic E-state index is -1.12. The number of halogens is 2. The molecule has 2 N–H and O–H groups in total. The van der Waals surface area contributed by atoms with Crippen LogP contribution < -0.4 is 0 Å². The van der Waals surface area contributed by atoms with Crippen molar-refractivity contribution in [3.63, 3.8) is 0 Å². The lowest BCUT2D eigenvalue weighted by Gasteiger charge is -2.38. The number of aliphatic hydroxyl groups excluding tert-OH is 2. The zero-order valence-corrected chi connectivity index (χ0v) is 18.9. The monoisotopic (exact) mass is 461 g/mol. The summed E-state index contributed by atoms with van der Waals surface area (Å²) in [5.74, 6) is -1.22. The van der Waals surface area contributed by atoms with Gasteiger partial charge in [-0.2, -0.15) is 0 Å². The van der Waals surface area contributed by atoms with Gasteiger partial charge in [-0.25, -0.2) is 13.5 Å². The molecule has 1 aliphatic rings. The van der Waals surface area contributed by atoms with E-state index in [0.717, 1.165) is 5.76 Å². The number of benzene rings is 1. The van der Waals surface area contributed by atoms with Gasteiger partial charge in [0.25, 0.3) is 0 Å². The van der Waals surface area contributed by atoms with E-state index in [0.29, 0.717) is 12.1 Å². The van der Waals surface area contributed by atoms with E-state index < -0.39 is 42.6 Å². The highest BCUT2D eigenvalue weighted by Crippen LogP contribution is 2.32. The lowest BCUT2D eigenvalue weighted by atomic mass is 9.91. The van der Waals surface area contributed by atoms with Crippen LogP contribution in [0.25, 0.3) is 11.3 Å². The lowest BCUT2D eigenvalue weighted by molar-refractivity contribution is -0.131. The Balaban J connectivity index is 1.57. The zero-order chi connectivity index (χ0) is 23.9. The summed E-state index contributed by atoms with van der Waals surface area (Å²) in [6, 6.07) is 4.04. The fourth-order valence-corrected chi connectivity index (χ4v) is 3.77. The molecular formula is C23H27F2N4O4. The van der Waals surface area contributed by atoms with Crippen molar-refractivity contribution in [2.75, 3.05) is 6.61 Å². The minimum Gasteiger partial charge on any atom is -0.394 e. The smallest absolute Gasteiger partial charge is 0.168 e. The molecule has 1 aliphatic heterocycles. The van der Waals surface area contributed by atoms with Crippen LogP contribution in [0.1, 0.15) is 43.8 Å². The van der Waals surface area contributed by atoms with Crippen LogP contribution in [0.15, 0.2) is 28.9 Å². The highest BCUT2D eigenvalue weighted by atomic mass is 19.2. The molecule has 3 aromatic rings. The Morgan fingerprint density at radius 1 is 1.18 bits per heavy atom. The Morgan fingerprint density at radius 3 is 2.61 bits per heavy atom. The molecule has 8 nitrogen and oxygen atoms in total. The van der Waals surface area contributed by atoms with Crippen LogP contribution in [0, 0.1) is 25.0 Å². The van der Waals surface area contributed by atoms with Crippen molar-refractivity contribution < 1.29 is 28.3 Å². The summed E-state index contributed by atoms with van der Waals surface area (Å²) in [6.07, 6.45) is 1.02. The van der Waals surface area contributed by atoms with Crippen LogP contribution in [0.5, 0.6) is 0 Å². The highest BCUT2D eigenvalue weighted by molar-refractivity contribution is 5.59. The molecule has 2 aromatic heterocycles. The average Bonchev–Trinajstić information content (AvgIpc) is 3.43. The predicted molar refractivity (Wildman–Crippen MR) is 114 cm³/mol. The molecule has 0 unspecified atom stereocenters. The van der Waals surface area contributed by atoms with Crippen LogP contribution in [-0.2, 0) is 16.6 Å². The maximum atomic E-state index is 14.4. The summed E-state index contributed by atoms with van der Waals surface area (Å²) >= 11 is 0. The van der Waals surface area contributed by atoms with Gasteiger partial charge in [0.1, 0.15) is 23.7 Å². The second-order valence-corrected chi connectivity index (χ2v) is 9.35. The fourth-order valence-electron chi connectivity index (χ4n) is 3.77. The van der Waals surface area contributed by atoms with Crippen molar-refractivity contribution >= 4 is 0 Å². The summed E-state index contributed by atoms with van der Waals surface area (Å²) < 4.78 is 41.0. The number of hydrogen-bond donors (Lipinski definition) is 2. The van der Waals surface area contributed by atoms with Crippen molar-refractivity contribution in [2.24, 2.45) is 0 Å². The summed E-state index contributed by atoms with van der Waals surface area (Å²) in [5.41, 5.74) is 0.758. The third-order valence-electron chi connectivity index (χ3n) is 5.75. The number of nitrogens with zero attached hydrogens (tertiary/aromatic N) is 4. The largest absolute Gasteiger partial charge is 0.394 e. The van der Waals surface area contributed by atoms with Crippen LogP contribution in [-0.4, -0.2) is 55.3 Å². The van der Waals surface area contributed by atoms with E-state index in [-0.39, 0.29) is 22.2 Å². The number of rotatable bonds is 5. The van der Waals surface area contributed by atoms with Crippen molar-refractivity contribution in [2.45, 2.75) is 63.9 Å². The van der Waals surface area contributed by atoms with Gasteiger partial charge in [0, 0.05) is 29.9 Å². The van der Waals surface area contributed by atoms with Gasteiger partial charge in [0.05, 0.1) is 30.6 Å². The van der Waals surface area contributed by atoms with Crippen LogP contribution >= 0.6 is 0 Å². The molecular weight excluding hydrogens is 434 g/mol.